The van der Waals surface area contributed by atoms with Crippen molar-refractivity contribution in [1.29, 1.82) is 0 Å². The van der Waals surface area contributed by atoms with Crippen LogP contribution in [0.25, 0.3) is 0 Å². The van der Waals surface area contributed by atoms with Crippen molar-refractivity contribution in [2.75, 3.05) is 0 Å². The molecule has 0 saturated carbocycles. The van der Waals surface area contributed by atoms with Gasteiger partial charge in [-0.3, -0.25) is 10.1 Å². The van der Waals surface area contributed by atoms with E-state index in [1.807, 2.05) is 0 Å². The Labute approximate surface area is 110 Å². The highest BCUT2D eigenvalue weighted by Crippen LogP contribution is 2.01. The van der Waals surface area contributed by atoms with Crippen LogP contribution >= 0.6 is 0 Å². The van der Waals surface area contributed by atoms with Crippen molar-refractivity contribution in [3.05, 3.63) is 42.0 Å². The molecule has 7 nitrogen and oxygen atoms in total. The Hall–Kier alpha value is -2.28. The van der Waals surface area contributed by atoms with Gasteiger partial charge in [-0.25, -0.2) is 15.0 Å². The maximum Gasteiger partial charge on any atom is 0.321 e. The number of carboxylic acids is 1. The molecule has 1 atom stereocenters. The molecule has 2 aromatic heterocycles. The Bertz CT molecular complexity index is 524. The first-order chi connectivity index (χ1) is 9.15. The summed E-state index contributed by atoms with van der Waals surface area (Å²) in [5.74, 6) is -0.210. The third-order valence-electron chi connectivity index (χ3n) is 2.66. The number of aromatic nitrogens is 4. The van der Waals surface area contributed by atoms with Gasteiger partial charge in [-0.2, -0.15) is 0 Å². The highest BCUT2D eigenvalue weighted by atomic mass is 16.4. The van der Waals surface area contributed by atoms with Crippen molar-refractivity contribution in [3.63, 3.8) is 0 Å². The first-order valence-electron chi connectivity index (χ1n) is 5.86. The smallest absolute Gasteiger partial charge is 0.321 e. The Kier molecular flexibility index (Phi) is 4.19. The number of H-pyrrole nitrogens is 1. The fourth-order valence-corrected chi connectivity index (χ4v) is 1.61. The number of carbonyl (C=O) groups is 1. The summed E-state index contributed by atoms with van der Waals surface area (Å²) in [6.45, 7) is 2.21. The number of hydrogen-bond donors (Lipinski definition) is 3. The van der Waals surface area contributed by atoms with Crippen molar-refractivity contribution in [1.82, 2.24) is 25.3 Å². The monoisotopic (exact) mass is 261 g/mol. The van der Waals surface area contributed by atoms with Gasteiger partial charge < -0.3 is 10.1 Å². The highest BCUT2D eigenvalue weighted by molar-refractivity contribution is 5.73. The molecule has 0 aliphatic rings. The number of aliphatic carboxylic acids is 1. The fourth-order valence-electron chi connectivity index (χ4n) is 1.61. The van der Waals surface area contributed by atoms with Gasteiger partial charge in [0, 0.05) is 42.8 Å². The number of rotatable bonds is 6. The SMILES string of the molecule is Cc1ncc(CN[C@@H](Cc2cnc[nH]2)C(=O)O)cn1. The van der Waals surface area contributed by atoms with Crippen molar-refractivity contribution < 1.29 is 9.90 Å². The number of hydrogen-bond acceptors (Lipinski definition) is 5. The zero-order valence-corrected chi connectivity index (χ0v) is 10.5. The second-order valence-electron chi connectivity index (χ2n) is 4.19. The maximum absolute atomic E-state index is 11.2. The van der Waals surface area contributed by atoms with Crippen LogP contribution < -0.4 is 5.32 Å². The van der Waals surface area contributed by atoms with E-state index in [2.05, 4.69) is 25.3 Å². The zero-order valence-electron chi connectivity index (χ0n) is 10.5. The molecule has 2 rings (SSSR count). The Balaban J connectivity index is 1.93. The summed E-state index contributed by atoms with van der Waals surface area (Å²) in [6, 6.07) is -0.679. The summed E-state index contributed by atoms with van der Waals surface area (Å²) in [5, 5.41) is 12.1. The maximum atomic E-state index is 11.2. The Morgan fingerprint density at radius 3 is 2.74 bits per heavy atom. The molecule has 0 aromatic carbocycles. The molecule has 0 fully saturated rings. The van der Waals surface area contributed by atoms with Crippen molar-refractivity contribution >= 4 is 5.97 Å². The van der Waals surface area contributed by atoms with E-state index in [9.17, 15) is 4.79 Å². The van der Waals surface area contributed by atoms with Crippen LogP contribution in [0.4, 0.5) is 0 Å². The Morgan fingerprint density at radius 1 is 1.42 bits per heavy atom. The summed E-state index contributed by atoms with van der Waals surface area (Å²) >= 11 is 0. The van der Waals surface area contributed by atoms with E-state index < -0.39 is 12.0 Å². The predicted molar refractivity (Wildman–Crippen MR) is 67.3 cm³/mol. The van der Waals surface area contributed by atoms with Gasteiger partial charge in [-0.05, 0) is 6.92 Å². The molecule has 0 radical (unpaired) electrons. The minimum Gasteiger partial charge on any atom is -0.480 e. The van der Waals surface area contributed by atoms with Crippen molar-refractivity contribution in [2.45, 2.75) is 25.9 Å². The lowest BCUT2D eigenvalue weighted by molar-refractivity contribution is -0.139. The Morgan fingerprint density at radius 2 is 2.16 bits per heavy atom. The minimum absolute atomic E-state index is 0.349. The fraction of sp³-hybridized carbons (Fsp3) is 0.333. The molecule has 2 heterocycles. The zero-order chi connectivity index (χ0) is 13.7. The number of nitrogens with zero attached hydrogens (tertiary/aromatic N) is 3. The third kappa shape index (κ3) is 3.85. The first-order valence-corrected chi connectivity index (χ1v) is 5.86. The van der Waals surface area contributed by atoms with Crippen LogP contribution in [0.1, 0.15) is 17.1 Å². The lowest BCUT2D eigenvalue weighted by Gasteiger charge is -2.13. The second kappa shape index (κ2) is 6.05. The van der Waals surface area contributed by atoms with Crippen LogP contribution in [0.3, 0.4) is 0 Å². The molecular weight excluding hydrogens is 246 g/mol. The number of aromatic amines is 1. The van der Waals surface area contributed by atoms with Gasteiger partial charge in [-0.15, -0.1) is 0 Å². The molecule has 3 N–H and O–H groups in total. The summed E-state index contributed by atoms with van der Waals surface area (Å²) in [7, 11) is 0. The molecule has 0 aliphatic carbocycles. The lowest BCUT2D eigenvalue weighted by atomic mass is 10.1. The van der Waals surface area contributed by atoms with Crippen LogP contribution in [0.15, 0.2) is 24.9 Å². The van der Waals surface area contributed by atoms with E-state index in [-0.39, 0.29) is 0 Å². The van der Waals surface area contributed by atoms with Gasteiger partial charge in [0.25, 0.3) is 0 Å². The van der Waals surface area contributed by atoms with E-state index in [0.29, 0.717) is 18.8 Å². The molecule has 0 saturated heterocycles. The van der Waals surface area contributed by atoms with Crippen molar-refractivity contribution in [3.8, 4) is 0 Å². The molecule has 2 aromatic rings. The molecule has 0 spiro atoms. The molecule has 100 valence electrons. The summed E-state index contributed by atoms with van der Waals surface area (Å²) < 4.78 is 0. The van der Waals surface area contributed by atoms with Crippen LogP contribution in [-0.2, 0) is 17.8 Å². The van der Waals surface area contributed by atoms with Gasteiger partial charge in [-0.1, -0.05) is 0 Å². The van der Waals surface area contributed by atoms with E-state index in [0.717, 1.165) is 11.3 Å². The van der Waals surface area contributed by atoms with E-state index >= 15 is 0 Å². The van der Waals surface area contributed by atoms with Gasteiger partial charge in [0.15, 0.2) is 0 Å². The van der Waals surface area contributed by atoms with Gasteiger partial charge in [0.2, 0.25) is 0 Å². The summed E-state index contributed by atoms with van der Waals surface area (Å²) in [5.41, 5.74) is 1.63. The van der Waals surface area contributed by atoms with Crippen LogP contribution in [0.2, 0.25) is 0 Å². The van der Waals surface area contributed by atoms with Gasteiger partial charge in [0.1, 0.15) is 11.9 Å². The summed E-state index contributed by atoms with van der Waals surface area (Å²) in [4.78, 5) is 26.1. The van der Waals surface area contributed by atoms with E-state index in [4.69, 9.17) is 5.11 Å². The topological polar surface area (TPSA) is 104 Å². The molecule has 0 unspecified atom stereocenters. The van der Waals surface area contributed by atoms with E-state index in [1.165, 1.54) is 6.33 Å². The van der Waals surface area contributed by atoms with Crippen LogP contribution in [0, 0.1) is 6.92 Å². The average Bonchev–Trinajstić information content (AvgIpc) is 2.89. The first kappa shape index (κ1) is 13.2. The lowest BCUT2D eigenvalue weighted by Crippen LogP contribution is -2.38. The number of aryl methyl sites for hydroxylation is 1. The van der Waals surface area contributed by atoms with E-state index in [1.54, 1.807) is 25.5 Å². The number of carboxylic acid groups (broad SMARTS) is 1. The number of nitrogens with one attached hydrogen (secondary N) is 2. The van der Waals surface area contributed by atoms with Gasteiger partial charge >= 0.3 is 5.97 Å². The molecule has 19 heavy (non-hydrogen) atoms. The third-order valence-corrected chi connectivity index (χ3v) is 2.66. The highest BCUT2D eigenvalue weighted by Gasteiger charge is 2.17. The average molecular weight is 261 g/mol. The molecular formula is C12H15N5O2. The molecule has 0 bridgehead atoms. The predicted octanol–water partition coefficient (Wildman–Crippen LogP) is 0.294. The normalized spacial score (nSPS) is 12.3. The van der Waals surface area contributed by atoms with Crippen molar-refractivity contribution in [2.24, 2.45) is 0 Å². The van der Waals surface area contributed by atoms with Crippen LogP contribution in [-0.4, -0.2) is 37.1 Å². The van der Waals surface area contributed by atoms with Gasteiger partial charge in [0.05, 0.1) is 6.33 Å². The standard InChI is InChI=1S/C12H15N5O2/c1-8-14-3-9(4-15-8)5-16-11(12(18)19)2-10-6-13-7-17-10/h3-4,6-7,11,16H,2,5H2,1H3,(H,13,17)(H,18,19)/t11-/m0/s1. The second-order valence-corrected chi connectivity index (χ2v) is 4.19. The molecule has 7 heteroatoms. The number of imidazole rings is 1. The minimum atomic E-state index is -0.900. The molecule has 0 aliphatic heterocycles. The summed E-state index contributed by atoms with van der Waals surface area (Å²) in [6.07, 6.45) is 6.87. The quantitative estimate of drug-likeness (QED) is 0.690. The van der Waals surface area contributed by atoms with Crippen LogP contribution in [0.5, 0.6) is 0 Å². The molecule has 0 amide bonds. The largest absolute Gasteiger partial charge is 0.480 e.